The predicted octanol–water partition coefficient (Wildman–Crippen LogP) is 3.77. The Hall–Kier alpha value is -1.84. The quantitative estimate of drug-likeness (QED) is 0.416. The van der Waals surface area contributed by atoms with Crippen molar-refractivity contribution in [3.63, 3.8) is 0 Å². The number of unbranched alkanes of at least 4 members (excludes halogenated alkanes) is 1. The Morgan fingerprint density at radius 3 is 2.52 bits per heavy atom. The fourth-order valence-corrected chi connectivity index (χ4v) is 3.51. The van der Waals surface area contributed by atoms with Crippen molar-refractivity contribution in [2.45, 2.75) is 63.4 Å². The number of esters is 1. The third kappa shape index (κ3) is 4.12. The fourth-order valence-electron chi connectivity index (χ4n) is 3.51. The van der Waals surface area contributed by atoms with Crippen molar-refractivity contribution < 1.29 is 19.1 Å². The van der Waals surface area contributed by atoms with Gasteiger partial charge in [-0.1, -0.05) is 62.9 Å². The fraction of sp³-hybridized carbons (Fsp3) is 0.579. The lowest BCUT2D eigenvalue weighted by Gasteiger charge is -2.41. The molecule has 1 aliphatic carbocycles. The van der Waals surface area contributed by atoms with Gasteiger partial charge in [-0.3, -0.25) is 4.79 Å². The molecule has 0 aliphatic heterocycles. The molecule has 0 bridgehead atoms. The van der Waals surface area contributed by atoms with Crippen LogP contribution in [0.4, 0.5) is 0 Å². The van der Waals surface area contributed by atoms with Crippen LogP contribution in [0.5, 0.6) is 0 Å². The molecule has 1 aromatic rings. The maximum Gasteiger partial charge on any atom is 0.348 e. The first-order valence-electron chi connectivity index (χ1n) is 8.56. The Bertz CT molecular complexity index is 491. The molecular weight excluding hydrogens is 292 g/mol. The molecule has 1 fully saturated rings. The summed E-state index contributed by atoms with van der Waals surface area (Å²) in [6.45, 7) is 2.80. The van der Waals surface area contributed by atoms with Gasteiger partial charge in [-0.25, -0.2) is 4.79 Å². The maximum atomic E-state index is 12.6. The molecule has 4 nitrogen and oxygen atoms in total. The lowest BCUT2D eigenvalue weighted by Crippen LogP contribution is -2.48. The van der Waals surface area contributed by atoms with Crippen molar-refractivity contribution in [3.8, 4) is 0 Å². The Labute approximate surface area is 138 Å². The number of benzene rings is 1. The Balaban J connectivity index is 2.29. The zero-order valence-corrected chi connectivity index (χ0v) is 13.8. The SMILES string of the molecule is CCCCOC(=O)C(OC=O)C1(c2ccccc2)CCCCC1. The highest BCUT2D eigenvalue weighted by Gasteiger charge is 2.47. The average molecular weight is 318 g/mol. The Morgan fingerprint density at radius 2 is 1.91 bits per heavy atom. The van der Waals surface area contributed by atoms with E-state index < -0.39 is 17.5 Å². The second kappa shape index (κ2) is 8.70. The summed E-state index contributed by atoms with van der Waals surface area (Å²) in [5.74, 6) is -0.420. The largest absolute Gasteiger partial charge is 0.463 e. The van der Waals surface area contributed by atoms with Gasteiger partial charge < -0.3 is 9.47 Å². The summed E-state index contributed by atoms with van der Waals surface area (Å²) in [5.41, 5.74) is 0.586. The van der Waals surface area contributed by atoms with Crippen LogP contribution in [-0.4, -0.2) is 25.2 Å². The van der Waals surface area contributed by atoms with Crippen LogP contribution in [0.2, 0.25) is 0 Å². The standard InChI is InChI=1S/C19H26O4/c1-2-3-14-22-18(21)17(23-15-20)19(12-8-5-9-13-19)16-10-6-4-7-11-16/h4,6-7,10-11,15,17H,2-3,5,8-9,12-14H2,1H3. The number of hydrogen-bond acceptors (Lipinski definition) is 4. The van der Waals surface area contributed by atoms with E-state index in [2.05, 4.69) is 0 Å². The number of carbonyl (C=O) groups excluding carboxylic acids is 2. The van der Waals surface area contributed by atoms with Gasteiger partial charge in [-0.2, -0.15) is 0 Å². The van der Waals surface area contributed by atoms with Crippen molar-refractivity contribution in [3.05, 3.63) is 35.9 Å². The lowest BCUT2D eigenvalue weighted by atomic mass is 9.66. The molecule has 0 aromatic heterocycles. The van der Waals surface area contributed by atoms with E-state index in [1.807, 2.05) is 37.3 Å². The molecule has 0 heterocycles. The molecule has 0 N–H and O–H groups in total. The monoisotopic (exact) mass is 318 g/mol. The van der Waals surface area contributed by atoms with Gasteiger partial charge in [-0.15, -0.1) is 0 Å². The summed E-state index contributed by atoms with van der Waals surface area (Å²) in [7, 11) is 0. The van der Waals surface area contributed by atoms with Crippen molar-refractivity contribution >= 4 is 12.4 Å². The van der Waals surface area contributed by atoms with Crippen LogP contribution in [0.15, 0.2) is 30.3 Å². The summed E-state index contributed by atoms with van der Waals surface area (Å²) >= 11 is 0. The molecule has 0 spiro atoms. The minimum Gasteiger partial charge on any atom is -0.463 e. The molecule has 0 radical (unpaired) electrons. The maximum absolute atomic E-state index is 12.6. The molecule has 1 aliphatic rings. The van der Waals surface area contributed by atoms with Gasteiger partial charge in [0.05, 0.1) is 6.61 Å². The van der Waals surface area contributed by atoms with Crippen LogP contribution in [0.1, 0.15) is 57.4 Å². The summed E-state index contributed by atoms with van der Waals surface area (Å²) < 4.78 is 10.7. The van der Waals surface area contributed by atoms with E-state index in [0.717, 1.165) is 50.5 Å². The van der Waals surface area contributed by atoms with Crippen molar-refractivity contribution in [1.82, 2.24) is 0 Å². The minimum absolute atomic E-state index is 0.374. The number of rotatable bonds is 8. The first-order chi connectivity index (χ1) is 11.2. The summed E-state index contributed by atoms with van der Waals surface area (Å²) in [4.78, 5) is 23.6. The van der Waals surface area contributed by atoms with Gasteiger partial charge in [0.15, 0.2) is 0 Å². The normalized spacial score (nSPS) is 18.0. The van der Waals surface area contributed by atoms with Gasteiger partial charge in [0.2, 0.25) is 6.10 Å². The second-order valence-electron chi connectivity index (χ2n) is 6.22. The number of ether oxygens (including phenoxy) is 2. The molecule has 1 saturated carbocycles. The van der Waals surface area contributed by atoms with Crippen LogP contribution in [0.25, 0.3) is 0 Å². The smallest absolute Gasteiger partial charge is 0.348 e. The minimum atomic E-state index is -0.862. The molecular formula is C19H26O4. The lowest BCUT2D eigenvalue weighted by molar-refractivity contribution is -0.168. The van der Waals surface area contributed by atoms with Gasteiger partial charge in [0.1, 0.15) is 0 Å². The molecule has 0 amide bonds. The summed E-state index contributed by atoms with van der Waals surface area (Å²) in [6.07, 6.45) is 5.77. The summed E-state index contributed by atoms with van der Waals surface area (Å²) in [5, 5.41) is 0. The third-order valence-electron chi connectivity index (χ3n) is 4.74. The molecule has 1 atom stereocenters. The third-order valence-corrected chi connectivity index (χ3v) is 4.74. The van der Waals surface area contributed by atoms with E-state index in [9.17, 15) is 9.59 Å². The Morgan fingerprint density at radius 1 is 1.22 bits per heavy atom. The topological polar surface area (TPSA) is 52.6 Å². The number of hydrogen-bond donors (Lipinski definition) is 0. The van der Waals surface area contributed by atoms with Gasteiger partial charge in [-0.05, 0) is 24.8 Å². The van der Waals surface area contributed by atoms with Crippen LogP contribution in [0, 0.1) is 0 Å². The molecule has 1 aromatic carbocycles. The van der Waals surface area contributed by atoms with Gasteiger partial charge in [0.25, 0.3) is 6.47 Å². The van der Waals surface area contributed by atoms with E-state index in [0.29, 0.717) is 13.1 Å². The van der Waals surface area contributed by atoms with Crippen LogP contribution in [0.3, 0.4) is 0 Å². The highest BCUT2D eigenvalue weighted by Crippen LogP contribution is 2.43. The van der Waals surface area contributed by atoms with Gasteiger partial charge >= 0.3 is 5.97 Å². The van der Waals surface area contributed by atoms with Crippen LogP contribution >= 0.6 is 0 Å². The molecule has 23 heavy (non-hydrogen) atoms. The number of carbonyl (C=O) groups is 2. The molecule has 0 saturated heterocycles. The highest BCUT2D eigenvalue weighted by molar-refractivity contribution is 5.78. The first kappa shape index (κ1) is 17.5. The zero-order chi connectivity index (χ0) is 16.5. The van der Waals surface area contributed by atoms with Crippen molar-refractivity contribution in [2.75, 3.05) is 6.61 Å². The van der Waals surface area contributed by atoms with Crippen LogP contribution < -0.4 is 0 Å². The highest BCUT2D eigenvalue weighted by atomic mass is 16.6. The van der Waals surface area contributed by atoms with Crippen LogP contribution in [-0.2, 0) is 24.5 Å². The predicted molar refractivity (Wildman–Crippen MR) is 88.0 cm³/mol. The van der Waals surface area contributed by atoms with E-state index in [4.69, 9.17) is 9.47 Å². The molecule has 4 heteroatoms. The van der Waals surface area contributed by atoms with E-state index in [1.165, 1.54) is 0 Å². The van der Waals surface area contributed by atoms with E-state index >= 15 is 0 Å². The molecule has 126 valence electrons. The van der Waals surface area contributed by atoms with E-state index in [-0.39, 0.29) is 0 Å². The average Bonchev–Trinajstić information content (AvgIpc) is 2.61. The zero-order valence-electron chi connectivity index (χ0n) is 13.8. The molecule has 1 unspecified atom stereocenters. The van der Waals surface area contributed by atoms with Gasteiger partial charge in [0, 0.05) is 5.41 Å². The second-order valence-corrected chi connectivity index (χ2v) is 6.22. The first-order valence-corrected chi connectivity index (χ1v) is 8.56. The Kier molecular flexibility index (Phi) is 6.63. The van der Waals surface area contributed by atoms with Crippen molar-refractivity contribution in [2.24, 2.45) is 0 Å². The molecule has 2 rings (SSSR count). The summed E-state index contributed by atoms with van der Waals surface area (Å²) in [6, 6.07) is 9.92. The van der Waals surface area contributed by atoms with E-state index in [1.54, 1.807) is 0 Å². The van der Waals surface area contributed by atoms with Crippen molar-refractivity contribution in [1.29, 1.82) is 0 Å².